The van der Waals surface area contributed by atoms with E-state index in [1.165, 1.54) is 6.42 Å². The van der Waals surface area contributed by atoms with Gasteiger partial charge in [0.25, 0.3) is 0 Å². The highest BCUT2D eigenvalue weighted by Crippen LogP contribution is 2.24. The van der Waals surface area contributed by atoms with Crippen molar-refractivity contribution in [3.05, 3.63) is 17.6 Å². The minimum absolute atomic E-state index is 0.271. The van der Waals surface area contributed by atoms with Gasteiger partial charge in [-0.25, -0.2) is 9.97 Å². The standard InChI is InChI=1S/C12H19N3O2/c1-12(17,7-16)6-13-11-9-4-2-3-5-10(9)14-8-15-11/h8,16-17H,2-7H2,1H3,(H,13,14,15). The van der Waals surface area contributed by atoms with Gasteiger partial charge in [0, 0.05) is 17.8 Å². The smallest absolute Gasteiger partial charge is 0.132 e. The summed E-state index contributed by atoms with van der Waals surface area (Å²) < 4.78 is 0. The van der Waals surface area contributed by atoms with E-state index in [1.54, 1.807) is 13.3 Å². The summed E-state index contributed by atoms with van der Waals surface area (Å²) in [5.41, 5.74) is 1.15. The Balaban J connectivity index is 2.11. The molecule has 0 aliphatic heterocycles. The third-order valence-electron chi connectivity index (χ3n) is 3.10. The van der Waals surface area contributed by atoms with Gasteiger partial charge in [0.15, 0.2) is 0 Å². The zero-order valence-electron chi connectivity index (χ0n) is 10.1. The molecule has 1 unspecified atom stereocenters. The molecule has 94 valence electrons. The SMILES string of the molecule is CC(O)(CO)CNc1ncnc2c1CCCC2. The Labute approximate surface area is 101 Å². The van der Waals surface area contributed by atoms with Crippen LogP contribution in [-0.2, 0) is 12.8 Å². The molecular weight excluding hydrogens is 218 g/mol. The first-order valence-corrected chi connectivity index (χ1v) is 6.02. The summed E-state index contributed by atoms with van der Waals surface area (Å²) in [5.74, 6) is 0.795. The highest BCUT2D eigenvalue weighted by atomic mass is 16.3. The van der Waals surface area contributed by atoms with Crippen LogP contribution in [0.4, 0.5) is 5.82 Å². The van der Waals surface area contributed by atoms with E-state index < -0.39 is 5.60 Å². The molecular formula is C12H19N3O2. The molecule has 1 aromatic heterocycles. The number of aromatic nitrogens is 2. The third kappa shape index (κ3) is 2.92. The number of aliphatic hydroxyl groups is 2. The fraction of sp³-hybridized carbons (Fsp3) is 0.667. The van der Waals surface area contributed by atoms with Gasteiger partial charge in [0.2, 0.25) is 0 Å². The Kier molecular flexibility index (Phi) is 3.59. The van der Waals surface area contributed by atoms with Gasteiger partial charge in [-0.2, -0.15) is 0 Å². The molecule has 1 aliphatic carbocycles. The Morgan fingerprint density at radius 2 is 2.12 bits per heavy atom. The molecule has 5 nitrogen and oxygen atoms in total. The van der Waals surface area contributed by atoms with Crippen molar-refractivity contribution in [2.75, 3.05) is 18.5 Å². The maximum atomic E-state index is 9.73. The van der Waals surface area contributed by atoms with Crippen molar-refractivity contribution in [1.82, 2.24) is 9.97 Å². The number of nitrogens with zero attached hydrogens (tertiary/aromatic N) is 2. The molecule has 3 N–H and O–H groups in total. The molecule has 0 aromatic carbocycles. The summed E-state index contributed by atoms with van der Waals surface area (Å²) in [6.07, 6.45) is 5.88. The van der Waals surface area contributed by atoms with Crippen LogP contribution >= 0.6 is 0 Å². The number of aliphatic hydroxyl groups excluding tert-OH is 1. The van der Waals surface area contributed by atoms with Gasteiger partial charge in [-0.1, -0.05) is 0 Å². The number of anilines is 1. The number of rotatable bonds is 4. The zero-order chi connectivity index (χ0) is 12.3. The zero-order valence-corrected chi connectivity index (χ0v) is 10.1. The summed E-state index contributed by atoms with van der Waals surface area (Å²) in [6, 6.07) is 0. The predicted octanol–water partition coefficient (Wildman–Crippen LogP) is 0.511. The van der Waals surface area contributed by atoms with E-state index in [0.717, 1.165) is 36.3 Å². The molecule has 1 aromatic rings. The van der Waals surface area contributed by atoms with Crippen LogP contribution < -0.4 is 5.32 Å². The van der Waals surface area contributed by atoms with Crippen LogP contribution in [0.15, 0.2) is 6.33 Å². The fourth-order valence-electron chi connectivity index (χ4n) is 2.00. The first-order valence-electron chi connectivity index (χ1n) is 6.02. The highest BCUT2D eigenvalue weighted by molar-refractivity contribution is 5.47. The van der Waals surface area contributed by atoms with Crippen LogP contribution in [0.3, 0.4) is 0 Å². The van der Waals surface area contributed by atoms with Crippen LogP contribution in [0.5, 0.6) is 0 Å². The van der Waals surface area contributed by atoms with Gasteiger partial charge in [-0.05, 0) is 32.6 Å². The first-order chi connectivity index (χ1) is 8.12. The molecule has 2 rings (SSSR count). The van der Waals surface area contributed by atoms with Crippen LogP contribution in [0, 0.1) is 0 Å². The summed E-state index contributed by atoms with van der Waals surface area (Å²) in [6.45, 7) is 1.61. The van der Waals surface area contributed by atoms with E-state index >= 15 is 0 Å². The lowest BCUT2D eigenvalue weighted by Gasteiger charge is -2.23. The van der Waals surface area contributed by atoms with Crippen molar-refractivity contribution < 1.29 is 10.2 Å². The topological polar surface area (TPSA) is 78.3 Å². The summed E-state index contributed by atoms with van der Waals surface area (Å²) in [4.78, 5) is 8.50. The number of nitrogens with one attached hydrogen (secondary N) is 1. The number of fused-ring (bicyclic) bond motifs is 1. The van der Waals surface area contributed by atoms with Crippen molar-refractivity contribution in [3.8, 4) is 0 Å². The minimum Gasteiger partial charge on any atom is -0.393 e. The van der Waals surface area contributed by atoms with Crippen LogP contribution in [0.1, 0.15) is 31.0 Å². The fourth-order valence-corrected chi connectivity index (χ4v) is 2.00. The summed E-state index contributed by atoms with van der Waals surface area (Å²) in [5, 5.41) is 21.8. The van der Waals surface area contributed by atoms with Crippen molar-refractivity contribution in [2.24, 2.45) is 0 Å². The molecule has 17 heavy (non-hydrogen) atoms. The van der Waals surface area contributed by atoms with Crippen molar-refractivity contribution in [1.29, 1.82) is 0 Å². The maximum absolute atomic E-state index is 9.73. The van der Waals surface area contributed by atoms with E-state index in [2.05, 4.69) is 15.3 Å². The highest BCUT2D eigenvalue weighted by Gasteiger charge is 2.21. The minimum atomic E-state index is -1.12. The van der Waals surface area contributed by atoms with Gasteiger partial charge in [0.05, 0.1) is 6.61 Å². The quantitative estimate of drug-likeness (QED) is 0.711. The summed E-state index contributed by atoms with van der Waals surface area (Å²) in [7, 11) is 0. The molecule has 5 heteroatoms. The second-order valence-corrected chi connectivity index (χ2v) is 4.86. The third-order valence-corrected chi connectivity index (χ3v) is 3.10. The average molecular weight is 237 g/mol. The average Bonchev–Trinajstić information content (AvgIpc) is 2.36. The van der Waals surface area contributed by atoms with Crippen LogP contribution in [0.25, 0.3) is 0 Å². The number of aryl methyl sites for hydroxylation is 1. The van der Waals surface area contributed by atoms with Gasteiger partial charge in [-0.3, -0.25) is 0 Å². The lowest BCUT2D eigenvalue weighted by Crippen LogP contribution is -2.37. The largest absolute Gasteiger partial charge is 0.393 e. The van der Waals surface area contributed by atoms with Crippen molar-refractivity contribution >= 4 is 5.82 Å². The molecule has 0 amide bonds. The van der Waals surface area contributed by atoms with Crippen molar-refractivity contribution in [3.63, 3.8) is 0 Å². The van der Waals surface area contributed by atoms with E-state index in [9.17, 15) is 5.11 Å². The molecule has 0 spiro atoms. The Bertz CT molecular complexity index is 393. The second-order valence-electron chi connectivity index (χ2n) is 4.86. The van der Waals surface area contributed by atoms with E-state index in [0.29, 0.717) is 0 Å². The van der Waals surface area contributed by atoms with Gasteiger partial charge >= 0.3 is 0 Å². The molecule has 0 saturated heterocycles. The van der Waals surface area contributed by atoms with Crippen LogP contribution in [-0.4, -0.2) is 38.9 Å². The van der Waals surface area contributed by atoms with Crippen LogP contribution in [0.2, 0.25) is 0 Å². The molecule has 0 bridgehead atoms. The molecule has 0 saturated carbocycles. The lowest BCUT2D eigenvalue weighted by atomic mass is 9.96. The predicted molar refractivity (Wildman–Crippen MR) is 64.9 cm³/mol. The first kappa shape index (κ1) is 12.3. The molecule has 1 heterocycles. The summed E-state index contributed by atoms with van der Waals surface area (Å²) >= 11 is 0. The molecule has 1 aliphatic rings. The maximum Gasteiger partial charge on any atom is 0.132 e. The van der Waals surface area contributed by atoms with Gasteiger partial charge in [0.1, 0.15) is 17.7 Å². The van der Waals surface area contributed by atoms with Crippen molar-refractivity contribution in [2.45, 2.75) is 38.2 Å². The normalized spacial score (nSPS) is 18.3. The molecule has 1 atom stereocenters. The Hall–Kier alpha value is -1.20. The van der Waals surface area contributed by atoms with E-state index in [-0.39, 0.29) is 13.2 Å². The number of hydrogen-bond acceptors (Lipinski definition) is 5. The Morgan fingerprint density at radius 1 is 1.35 bits per heavy atom. The second kappa shape index (κ2) is 4.98. The monoisotopic (exact) mass is 237 g/mol. The Morgan fingerprint density at radius 3 is 2.88 bits per heavy atom. The van der Waals surface area contributed by atoms with E-state index in [4.69, 9.17) is 5.11 Å². The molecule has 0 fully saturated rings. The van der Waals surface area contributed by atoms with E-state index in [1.807, 2.05) is 0 Å². The lowest BCUT2D eigenvalue weighted by molar-refractivity contribution is 0.0131. The van der Waals surface area contributed by atoms with Gasteiger partial charge < -0.3 is 15.5 Å². The molecule has 0 radical (unpaired) electrons. The van der Waals surface area contributed by atoms with Gasteiger partial charge in [-0.15, -0.1) is 0 Å². The number of hydrogen-bond donors (Lipinski definition) is 3.